The first kappa shape index (κ1) is 21.6. The molecular formula is C22H36N6O. The van der Waals surface area contributed by atoms with Gasteiger partial charge in [0.2, 0.25) is 0 Å². The summed E-state index contributed by atoms with van der Waals surface area (Å²) in [5.41, 5.74) is 2.27. The van der Waals surface area contributed by atoms with E-state index in [9.17, 15) is 0 Å². The number of hydrogen-bond donors (Lipinski definition) is 2. The fraction of sp³-hybridized carbons (Fsp3) is 0.636. The summed E-state index contributed by atoms with van der Waals surface area (Å²) in [6.07, 6.45) is 3.63. The van der Waals surface area contributed by atoms with Crippen molar-refractivity contribution in [2.45, 2.75) is 45.7 Å². The molecule has 0 atom stereocenters. The number of para-hydroxylation sites is 2. The fourth-order valence-electron chi connectivity index (χ4n) is 3.68. The van der Waals surface area contributed by atoms with Gasteiger partial charge in [0.1, 0.15) is 5.82 Å². The molecule has 1 aliphatic rings. The van der Waals surface area contributed by atoms with Crippen LogP contribution in [0.15, 0.2) is 29.3 Å². The average molecular weight is 401 g/mol. The molecule has 7 heteroatoms. The predicted octanol–water partition coefficient (Wildman–Crippen LogP) is 2.40. The minimum absolute atomic E-state index is 0.750. The van der Waals surface area contributed by atoms with Gasteiger partial charge in [-0.25, -0.2) is 4.98 Å². The summed E-state index contributed by atoms with van der Waals surface area (Å²) < 4.78 is 7.53. The van der Waals surface area contributed by atoms with Crippen molar-refractivity contribution < 1.29 is 4.74 Å². The van der Waals surface area contributed by atoms with E-state index in [4.69, 9.17) is 9.73 Å². The highest BCUT2D eigenvalue weighted by Gasteiger charge is 2.28. The number of benzene rings is 1. The zero-order valence-corrected chi connectivity index (χ0v) is 18.2. The molecule has 0 radical (unpaired) electrons. The first-order valence-corrected chi connectivity index (χ1v) is 10.9. The number of nitrogens with zero attached hydrogens (tertiary/aromatic N) is 4. The standard InChI is InChI=1S/C22H36N6O/c1-4-23-22(25-13-15-27(16-17-29-3)19-10-11-19)24-12-7-14-28-18(2)26-20-8-5-6-9-21(20)28/h5-6,8-9,19H,4,7,10-17H2,1-3H3,(H2,23,24,25). The molecule has 0 spiro atoms. The maximum absolute atomic E-state index is 5.24. The number of guanidine groups is 1. The second-order valence-electron chi connectivity index (χ2n) is 7.60. The SMILES string of the molecule is CCNC(=NCCCn1c(C)nc2ccccc21)NCCN(CCOC)C1CC1. The quantitative estimate of drug-likeness (QED) is 0.325. The Hall–Kier alpha value is -2.12. The van der Waals surface area contributed by atoms with E-state index in [2.05, 4.69) is 57.1 Å². The van der Waals surface area contributed by atoms with Crippen molar-refractivity contribution in [1.29, 1.82) is 0 Å². The van der Waals surface area contributed by atoms with Crippen LogP contribution in [0.3, 0.4) is 0 Å². The molecule has 0 bridgehead atoms. The Morgan fingerprint density at radius 1 is 1.28 bits per heavy atom. The Morgan fingerprint density at radius 2 is 2.10 bits per heavy atom. The molecule has 1 heterocycles. The van der Waals surface area contributed by atoms with Gasteiger partial charge in [0, 0.05) is 52.4 Å². The van der Waals surface area contributed by atoms with E-state index < -0.39 is 0 Å². The van der Waals surface area contributed by atoms with Crippen LogP contribution in [0.1, 0.15) is 32.0 Å². The monoisotopic (exact) mass is 400 g/mol. The van der Waals surface area contributed by atoms with E-state index in [-0.39, 0.29) is 0 Å². The topological polar surface area (TPSA) is 66.7 Å². The summed E-state index contributed by atoms with van der Waals surface area (Å²) in [7, 11) is 1.77. The third-order valence-electron chi connectivity index (χ3n) is 5.34. The highest BCUT2D eigenvalue weighted by molar-refractivity contribution is 5.79. The minimum Gasteiger partial charge on any atom is -0.383 e. The normalized spacial score (nSPS) is 14.7. The van der Waals surface area contributed by atoms with Gasteiger partial charge >= 0.3 is 0 Å². The molecule has 2 aromatic rings. The number of imidazole rings is 1. The van der Waals surface area contributed by atoms with Gasteiger partial charge in [-0.1, -0.05) is 12.1 Å². The first-order chi connectivity index (χ1) is 14.2. The lowest BCUT2D eigenvalue weighted by Gasteiger charge is -2.22. The number of fused-ring (bicyclic) bond motifs is 1. The number of rotatable bonds is 12. The molecule has 1 fully saturated rings. The third kappa shape index (κ3) is 6.44. The number of aliphatic imine (C=N–C) groups is 1. The van der Waals surface area contributed by atoms with Crippen LogP contribution < -0.4 is 10.6 Å². The summed E-state index contributed by atoms with van der Waals surface area (Å²) >= 11 is 0. The van der Waals surface area contributed by atoms with Gasteiger partial charge in [-0.15, -0.1) is 0 Å². The molecule has 0 aliphatic heterocycles. The van der Waals surface area contributed by atoms with Crippen molar-refractivity contribution in [3.63, 3.8) is 0 Å². The molecule has 3 rings (SSSR count). The molecule has 1 aromatic carbocycles. The number of aromatic nitrogens is 2. The van der Waals surface area contributed by atoms with Gasteiger partial charge in [0.25, 0.3) is 0 Å². The Balaban J connectivity index is 1.45. The van der Waals surface area contributed by atoms with E-state index in [1.807, 2.05) is 6.07 Å². The molecule has 160 valence electrons. The van der Waals surface area contributed by atoms with Crippen molar-refractivity contribution in [2.75, 3.05) is 46.4 Å². The molecular weight excluding hydrogens is 364 g/mol. The molecule has 2 N–H and O–H groups in total. The summed E-state index contributed by atoms with van der Waals surface area (Å²) in [4.78, 5) is 11.9. The van der Waals surface area contributed by atoms with Gasteiger partial charge in [0.05, 0.1) is 17.6 Å². The molecule has 1 aliphatic carbocycles. The van der Waals surface area contributed by atoms with E-state index >= 15 is 0 Å². The van der Waals surface area contributed by atoms with Crippen LogP contribution in [0.25, 0.3) is 11.0 Å². The zero-order valence-electron chi connectivity index (χ0n) is 18.2. The van der Waals surface area contributed by atoms with Crippen LogP contribution >= 0.6 is 0 Å². The van der Waals surface area contributed by atoms with E-state index in [0.29, 0.717) is 0 Å². The van der Waals surface area contributed by atoms with Crippen molar-refractivity contribution in [3.8, 4) is 0 Å². The summed E-state index contributed by atoms with van der Waals surface area (Å²) in [5.74, 6) is 1.97. The number of hydrogen-bond acceptors (Lipinski definition) is 4. The second kappa shape index (κ2) is 11.2. The number of ether oxygens (including phenoxy) is 1. The van der Waals surface area contributed by atoms with Gasteiger partial charge in [0.15, 0.2) is 5.96 Å². The summed E-state index contributed by atoms with van der Waals surface area (Å²) in [5, 5.41) is 6.84. The lowest BCUT2D eigenvalue weighted by Crippen LogP contribution is -2.42. The molecule has 7 nitrogen and oxygen atoms in total. The summed E-state index contributed by atoms with van der Waals surface area (Å²) in [6.45, 7) is 10.5. The number of methoxy groups -OCH3 is 1. The van der Waals surface area contributed by atoms with Crippen LogP contribution in [0.5, 0.6) is 0 Å². The zero-order chi connectivity index (χ0) is 20.5. The number of nitrogens with one attached hydrogen (secondary N) is 2. The van der Waals surface area contributed by atoms with Crippen molar-refractivity contribution in [1.82, 2.24) is 25.1 Å². The van der Waals surface area contributed by atoms with Crippen LogP contribution in [-0.4, -0.2) is 72.9 Å². The second-order valence-corrected chi connectivity index (χ2v) is 7.60. The van der Waals surface area contributed by atoms with Crippen molar-refractivity contribution in [2.24, 2.45) is 4.99 Å². The van der Waals surface area contributed by atoms with Crippen LogP contribution in [-0.2, 0) is 11.3 Å². The van der Waals surface area contributed by atoms with Crippen LogP contribution in [0.4, 0.5) is 0 Å². The van der Waals surface area contributed by atoms with Crippen molar-refractivity contribution >= 4 is 17.0 Å². The van der Waals surface area contributed by atoms with E-state index in [0.717, 1.165) is 75.6 Å². The Labute approximate surface area is 174 Å². The lowest BCUT2D eigenvalue weighted by atomic mass is 10.3. The highest BCUT2D eigenvalue weighted by atomic mass is 16.5. The Morgan fingerprint density at radius 3 is 2.86 bits per heavy atom. The van der Waals surface area contributed by atoms with Crippen LogP contribution in [0, 0.1) is 6.92 Å². The first-order valence-electron chi connectivity index (χ1n) is 10.9. The van der Waals surface area contributed by atoms with E-state index in [1.54, 1.807) is 7.11 Å². The molecule has 1 saturated carbocycles. The van der Waals surface area contributed by atoms with Crippen LogP contribution in [0.2, 0.25) is 0 Å². The molecule has 0 amide bonds. The number of aryl methyl sites for hydroxylation is 2. The maximum atomic E-state index is 5.24. The Bertz CT molecular complexity index is 783. The van der Waals surface area contributed by atoms with Gasteiger partial charge in [-0.05, 0) is 45.2 Å². The molecule has 0 unspecified atom stereocenters. The lowest BCUT2D eigenvalue weighted by molar-refractivity contribution is 0.144. The van der Waals surface area contributed by atoms with Gasteiger partial charge < -0.3 is 19.9 Å². The smallest absolute Gasteiger partial charge is 0.191 e. The summed E-state index contributed by atoms with van der Waals surface area (Å²) in [6, 6.07) is 9.07. The fourth-order valence-corrected chi connectivity index (χ4v) is 3.68. The molecule has 1 aromatic heterocycles. The van der Waals surface area contributed by atoms with E-state index in [1.165, 1.54) is 18.4 Å². The largest absolute Gasteiger partial charge is 0.383 e. The highest BCUT2D eigenvalue weighted by Crippen LogP contribution is 2.25. The van der Waals surface area contributed by atoms with Gasteiger partial charge in [-0.2, -0.15) is 0 Å². The minimum atomic E-state index is 0.750. The third-order valence-corrected chi connectivity index (χ3v) is 5.34. The maximum Gasteiger partial charge on any atom is 0.191 e. The Kier molecular flexibility index (Phi) is 8.31. The predicted molar refractivity (Wildman–Crippen MR) is 120 cm³/mol. The van der Waals surface area contributed by atoms with Crippen molar-refractivity contribution in [3.05, 3.63) is 30.1 Å². The average Bonchev–Trinajstić information content (AvgIpc) is 3.51. The molecule has 29 heavy (non-hydrogen) atoms. The van der Waals surface area contributed by atoms with Gasteiger partial charge in [-0.3, -0.25) is 9.89 Å². The molecule has 0 saturated heterocycles.